The summed E-state index contributed by atoms with van der Waals surface area (Å²) in [5.74, 6) is 0.347. The number of halogens is 1. The summed E-state index contributed by atoms with van der Waals surface area (Å²) in [7, 11) is 0. The van der Waals surface area contributed by atoms with Crippen molar-refractivity contribution in [2.24, 2.45) is 5.41 Å². The maximum atomic E-state index is 12.4. The van der Waals surface area contributed by atoms with Crippen LogP contribution in [0.2, 0.25) is 0 Å². The number of hydrogen-bond donors (Lipinski definition) is 0. The molecule has 82 valence electrons. The molecule has 0 radical (unpaired) electrons. The van der Waals surface area contributed by atoms with Crippen LogP contribution in [-0.4, -0.2) is 5.78 Å². The third kappa shape index (κ3) is 2.04. The highest BCUT2D eigenvalue weighted by Crippen LogP contribution is 2.42. The molecule has 0 spiro atoms. The van der Waals surface area contributed by atoms with E-state index in [1.165, 1.54) is 12.8 Å². The van der Waals surface area contributed by atoms with Crippen molar-refractivity contribution in [2.75, 3.05) is 0 Å². The molecule has 1 aliphatic rings. The lowest BCUT2D eigenvalue weighted by Crippen LogP contribution is -2.24. The molecule has 0 amide bonds. The van der Waals surface area contributed by atoms with E-state index in [1.54, 1.807) is 11.3 Å². The predicted molar refractivity (Wildman–Crippen MR) is 67.7 cm³/mol. The van der Waals surface area contributed by atoms with Gasteiger partial charge in [-0.3, -0.25) is 4.79 Å². The molecule has 0 N–H and O–H groups in total. The van der Waals surface area contributed by atoms with Crippen molar-refractivity contribution in [1.82, 2.24) is 0 Å². The molecule has 0 saturated heterocycles. The first-order chi connectivity index (χ1) is 7.03. The molecule has 0 unspecified atom stereocenters. The van der Waals surface area contributed by atoms with Crippen molar-refractivity contribution < 1.29 is 4.79 Å². The molecule has 0 atom stereocenters. The average molecular weight is 287 g/mol. The Hall–Kier alpha value is -0.150. The molecule has 0 bridgehead atoms. The Bertz CT molecular complexity index is 388. The zero-order valence-electron chi connectivity index (χ0n) is 9.10. The molecule has 3 heteroatoms. The first-order valence-electron chi connectivity index (χ1n) is 5.34. The Balaban J connectivity index is 2.31. The fraction of sp³-hybridized carbons (Fsp3) is 0.583. The Labute approximate surface area is 103 Å². The number of carbonyl (C=O) groups excluding carboxylic acids is 1. The van der Waals surface area contributed by atoms with Crippen molar-refractivity contribution in [2.45, 2.75) is 39.5 Å². The van der Waals surface area contributed by atoms with Gasteiger partial charge in [0.2, 0.25) is 0 Å². The van der Waals surface area contributed by atoms with E-state index in [2.05, 4.69) is 22.9 Å². The van der Waals surface area contributed by atoms with Gasteiger partial charge in [-0.15, -0.1) is 11.3 Å². The average Bonchev–Trinajstić information content (AvgIpc) is 2.73. The van der Waals surface area contributed by atoms with Crippen molar-refractivity contribution in [3.63, 3.8) is 0 Å². The van der Waals surface area contributed by atoms with Crippen LogP contribution in [0.4, 0.5) is 0 Å². The van der Waals surface area contributed by atoms with Gasteiger partial charge in [0.1, 0.15) is 0 Å². The number of Topliss-reactive ketones (excluding diaryl/α,β-unsaturated/α-hetero) is 1. The minimum atomic E-state index is -0.0920. The minimum absolute atomic E-state index is 0.0920. The molecule has 1 saturated carbocycles. The van der Waals surface area contributed by atoms with Gasteiger partial charge in [-0.25, -0.2) is 0 Å². The third-order valence-electron chi connectivity index (χ3n) is 3.39. The number of carbonyl (C=O) groups is 1. The van der Waals surface area contributed by atoms with Gasteiger partial charge in [0.15, 0.2) is 5.78 Å². The summed E-state index contributed by atoms with van der Waals surface area (Å²) in [5, 5.41) is 0. The van der Waals surface area contributed by atoms with E-state index in [9.17, 15) is 4.79 Å². The summed E-state index contributed by atoms with van der Waals surface area (Å²) in [5.41, 5.74) is 0.835. The van der Waals surface area contributed by atoms with Gasteiger partial charge in [-0.05, 0) is 41.8 Å². The van der Waals surface area contributed by atoms with Crippen LogP contribution in [0.1, 0.15) is 47.8 Å². The van der Waals surface area contributed by atoms with Gasteiger partial charge in [-0.1, -0.05) is 19.8 Å². The predicted octanol–water partition coefficient (Wildman–Crippen LogP) is 4.58. The Morgan fingerprint density at radius 2 is 2.07 bits per heavy atom. The highest BCUT2D eigenvalue weighted by molar-refractivity contribution is 9.11. The van der Waals surface area contributed by atoms with Gasteiger partial charge in [0.05, 0.1) is 3.79 Å². The highest BCUT2D eigenvalue weighted by atomic mass is 79.9. The molecule has 1 aromatic rings. The van der Waals surface area contributed by atoms with Crippen LogP contribution in [0, 0.1) is 12.3 Å². The molecule has 1 aromatic heterocycles. The molecule has 0 aliphatic heterocycles. The van der Waals surface area contributed by atoms with Gasteiger partial charge >= 0.3 is 0 Å². The second-order valence-corrected chi connectivity index (χ2v) is 7.25. The maximum Gasteiger partial charge on any atom is 0.169 e. The number of hydrogen-bond acceptors (Lipinski definition) is 2. The zero-order chi connectivity index (χ0) is 11.1. The fourth-order valence-electron chi connectivity index (χ4n) is 2.38. The molecule has 2 rings (SSSR count). The lowest BCUT2D eigenvalue weighted by atomic mass is 9.81. The van der Waals surface area contributed by atoms with Crippen LogP contribution < -0.4 is 0 Å². The summed E-state index contributed by atoms with van der Waals surface area (Å²) in [6.07, 6.45) is 4.51. The van der Waals surface area contributed by atoms with Gasteiger partial charge in [-0.2, -0.15) is 0 Å². The third-order valence-corrected chi connectivity index (χ3v) is 4.94. The fourth-order valence-corrected chi connectivity index (χ4v) is 4.07. The summed E-state index contributed by atoms with van der Waals surface area (Å²) in [6.45, 7) is 4.15. The highest BCUT2D eigenvalue weighted by Gasteiger charge is 2.37. The van der Waals surface area contributed by atoms with E-state index >= 15 is 0 Å². The van der Waals surface area contributed by atoms with E-state index in [4.69, 9.17) is 0 Å². The zero-order valence-corrected chi connectivity index (χ0v) is 11.5. The minimum Gasteiger partial charge on any atom is -0.294 e. The molecule has 1 aliphatic carbocycles. The van der Waals surface area contributed by atoms with E-state index in [-0.39, 0.29) is 5.41 Å². The van der Waals surface area contributed by atoms with Crippen LogP contribution in [0.3, 0.4) is 0 Å². The number of ketones is 1. The number of rotatable bonds is 2. The van der Waals surface area contributed by atoms with Crippen LogP contribution in [0.15, 0.2) is 9.85 Å². The summed E-state index contributed by atoms with van der Waals surface area (Å²) >= 11 is 5.09. The Morgan fingerprint density at radius 1 is 1.47 bits per heavy atom. The Kier molecular flexibility index (Phi) is 3.04. The Morgan fingerprint density at radius 3 is 2.53 bits per heavy atom. The molecular weight excluding hydrogens is 272 g/mol. The second kappa shape index (κ2) is 4.02. The van der Waals surface area contributed by atoms with E-state index < -0.39 is 0 Å². The van der Waals surface area contributed by atoms with E-state index in [0.717, 1.165) is 27.1 Å². The van der Waals surface area contributed by atoms with E-state index in [1.807, 2.05) is 13.0 Å². The lowest BCUT2D eigenvalue weighted by Gasteiger charge is -2.21. The summed E-state index contributed by atoms with van der Waals surface area (Å²) in [6, 6.07) is 1.98. The number of aryl methyl sites for hydroxylation is 1. The van der Waals surface area contributed by atoms with Gasteiger partial charge in [0, 0.05) is 15.9 Å². The van der Waals surface area contributed by atoms with Gasteiger partial charge < -0.3 is 0 Å². The lowest BCUT2D eigenvalue weighted by molar-refractivity contribution is 0.0823. The first-order valence-corrected chi connectivity index (χ1v) is 6.95. The standard InChI is InChI=1S/C12H15BrOS/c1-8-9(7-10(13)15-8)11(14)12(2)5-3-4-6-12/h7H,3-6H2,1-2H3. The van der Waals surface area contributed by atoms with Crippen LogP contribution in [0.25, 0.3) is 0 Å². The maximum absolute atomic E-state index is 12.4. The molecule has 0 aromatic carbocycles. The first kappa shape index (κ1) is 11.3. The van der Waals surface area contributed by atoms with Crippen LogP contribution in [0.5, 0.6) is 0 Å². The van der Waals surface area contributed by atoms with Crippen LogP contribution in [-0.2, 0) is 0 Å². The van der Waals surface area contributed by atoms with Crippen molar-refractivity contribution in [3.05, 3.63) is 20.3 Å². The summed E-state index contributed by atoms with van der Waals surface area (Å²) < 4.78 is 1.06. The van der Waals surface area contributed by atoms with Crippen molar-refractivity contribution >= 4 is 33.0 Å². The summed E-state index contributed by atoms with van der Waals surface area (Å²) in [4.78, 5) is 13.5. The largest absolute Gasteiger partial charge is 0.294 e. The van der Waals surface area contributed by atoms with Gasteiger partial charge in [0.25, 0.3) is 0 Å². The molecule has 1 heterocycles. The molecule has 1 nitrogen and oxygen atoms in total. The number of thiophene rings is 1. The smallest absolute Gasteiger partial charge is 0.169 e. The topological polar surface area (TPSA) is 17.1 Å². The monoisotopic (exact) mass is 286 g/mol. The van der Waals surface area contributed by atoms with E-state index in [0.29, 0.717) is 5.78 Å². The normalized spacial score (nSPS) is 19.4. The molecule has 1 fully saturated rings. The van der Waals surface area contributed by atoms with Crippen molar-refractivity contribution in [3.8, 4) is 0 Å². The van der Waals surface area contributed by atoms with Crippen molar-refractivity contribution in [1.29, 1.82) is 0 Å². The quantitative estimate of drug-likeness (QED) is 0.727. The molecular formula is C12H15BrOS. The second-order valence-electron chi connectivity index (χ2n) is 4.62. The van der Waals surface area contributed by atoms with Crippen LogP contribution >= 0.6 is 27.3 Å². The SMILES string of the molecule is Cc1sc(Br)cc1C(=O)C1(C)CCCC1. The molecule has 15 heavy (non-hydrogen) atoms.